The summed E-state index contributed by atoms with van der Waals surface area (Å²) in [6.45, 7) is 8.50. The largest absolute Gasteiger partial charge is 0.316 e. The zero-order valence-corrected chi connectivity index (χ0v) is 11.1. The van der Waals surface area contributed by atoms with Gasteiger partial charge in [-0.3, -0.25) is 0 Å². The summed E-state index contributed by atoms with van der Waals surface area (Å²) < 4.78 is 0. The molecule has 15 heavy (non-hydrogen) atoms. The first-order valence-electron chi connectivity index (χ1n) is 5.70. The zero-order valence-electron chi connectivity index (χ0n) is 10.3. The summed E-state index contributed by atoms with van der Waals surface area (Å²) in [6, 6.07) is 0. The molecule has 0 amide bonds. The number of rotatable bonds is 6. The number of allylic oxidation sites excluding steroid dienone is 2. The molecule has 0 rings (SSSR count). The predicted octanol–water partition coefficient (Wildman–Crippen LogP) is 3.06. The van der Waals surface area contributed by atoms with Gasteiger partial charge in [-0.25, -0.2) is 0 Å². The van der Waals surface area contributed by atoms with Crippen molar-refractivity contribution in [2.75, 3.05) is 0 Å². The van der Waals surface area contributed by atoms with E-state index in [9.17, 15) is 0 Å². The van der Waals surface area contributed by atoms with Gasteiger partial charge in [-0.15, -0.1) is 0 Å². The van der Waals surface area contributed by atoms with E-state index >= 15 is 0 Å². The predicted molar refractivity (Wildman–Crippen MR) is 68.5 cm³/mol. The van der Waals surface area contributed by atoms with Gasteiger partial charge in [-0.1, -0.05) is 38.4 Å². The third-order valence-electron chi connectivity index (χ3n) is 2.88. The molecule has 0 bridgehead atoms. The van der Waals surface area contributed by atoms with Crippen LogP contribution in [0, 0.1) is 17.8 Å². The molecule has 0 aliphatic rings. The summed E-state index contributed by atoms with van der Waals surface area (Å²) in [4.78, 5) is 0. The van der Waals surface area contributed by atoms with Crippen molar-refractivity contribution < 1.29 is 0 Å². The summed E-state index contributed by atoms with van der Waals surface area (Å²) >= 11 is 6.00. The monoisotopic (exact) mass is 232 g/mol. The Morgan fingerprint density at radius 1 is 1.27 bits per heavy atom. The normalized spacial score (nSPS) is 17.3. The summed E-state index contributed by atoms with van der Waals surface area (Å²) in [5.74, 6) is 1.44. The molecule has 4 N–H and O–H groups in total. The molecule has 0 aromatic heterocycles. The number of hydrogen-bond donors (Lipinski definition) is 2. The molecular formula is C12H25ClN2. The summed E-state index contributed by atoms with van der Waals surface area (Å²) in [6.07, 6.45) is 3.69. The van der Waals surface area contributed by atoms with Crippen LogP contribution in [0.2, 0.25) is 0 Å². The van der Waals surface area contributed by atoms with Gasteiger partial charge in [0.15, 0.2) is 0 Å². The van der Waals surface area contributed by atoms with E-state index in [2.05, 4.69) is 20.8 Å². The maximum Gasteiger partial charge on any atom is 0.0552 e. The molecule has 90 valence electrons. The fourth-order valence-electron chi connectivity index (χ4n) is 1.87. The lowest BCUT2D eigenvalue weighted by molar-refractivity contribution is 0.262. The first-order chi connectivity index (χ1) is 6.88. The van der Waals surface area contributed by atoms with Gasteiger partial charge >= 0.3 is 0 Å². The average Bonchev–Trinajstić information content (AvgIpc) is 2.12. The molecule has 3 heteroatoms. The minimum atomic E-state index is -0.225. The van der Waals surface area contributed by atoms with Gasteiger partial charge in [-0.2, -0.15) is 0 Å². The Morgan fingerprint density at radius 3 is 2.13 bits per heavy atom. The van der Waals surface area contributed by atoms with E-state index in [0.29, 0.717) is 17.8 Å². The third-order valence-corrected chi connectivity index (χ3v) is 3.25. The van der Waals surface area contributed by atoms with Gasteiger partial charge in [0.25, 0.3) is 0 Å². The van der Waals surface area contributed by atoms with E-state index in [1.54, 1.807) is 0 Å². The van der Waals surface area contributed by atoms with Crippen molar-refractivity contribution >= 4 is 11.6 Å². The maximum atomic E-state index is 6.00. The van der Waals surface area contributed by atoms with Crippen molar-refractivity contribution in [1.82, 2.24) is 0 Å². The highest BCUT2D eigenvalue weighted by Crippen LogP contribution is 2.26. The molecule has 0 unspecified atom stereocenters. The van der Waals surface area contributed by atoms with Crippen molar-refractivity contribution in [3.63, 3.8) is 0 Å². The maximum absolute atomic E-state index is 6.00. The first kappa shape index (κ1) is 14.9. The molecule has 0 aliphatic carbocycles. The van der Waals surface area contributed by atoms with Crippen molar-refractivity contribution in [3.8, 4) is 0 Å². The van der Waals surface area contributed by atoms with Crippen LogP contribution in [0.3, 0.4) is 0 Å². The SMILES string of the molecule is C/C=C(/Cl)C[C@@H](C)C[C@H](C(C)C)C(N)N. The second kappa shape index (κ2) is 7.26. The highest BCUT2D eigenvalue weighted by molar-refractivity contribution is 6.29. The molecule has 0 aromatic rings. The average molecular weight is 233 g/mol. The molecular weight excluding hydrogens is 208 g/mol. The fourth-order valence-corrected chi connectivity index (χ4v) is 2.14. The van der Waals surface area contributed by atoms with Crippen molar-refractivity contribution in [3.05, 3.63) is 11.1 Å². The van der Waals surface area contributed by atoms with Crippen molar-refractivity contribution in [2.45, 2.75) is 46.7 Å². The first-order valence-corrected chi connectivity index (χ1v) is 6.08. The Morgan fingerprint density at radius 2 is 1.80 bits per heavy atom. The Kier molecular flexibility index (Phi) is 7.24. The van der Waals surface area contributed by atoms with Crippen LogP contribution in [0.15, 0.2) is 11.1 Å². The molecule has 0 spiro atoms. The topological polar surface area (TPSA) is 52.0 Å². The van der Waals surface area contributed by atoms with E-state index in [1.807, 2.05) is 13.0 Å². The summed E-state index contributed by atoms with van der Waals surface area (Å²) in [5, 5.41) is 0.926. The van der Waals surface area contributed by atoms with E-state index < -0.39 is 0 Å². The van der Waals surface area contributed by atoms with Crippen LogP contribution in [-0.2, 0) is 0 Å². The summed E-state index contributed by atoms with van der Waals surface area (Å²) in [5.41, 5.74) is 11.6. The Balaban J connectivity index is 4.17. The standard InChI is InChI=1S/C12H25ClN2/c1-5-10(13)6-9(4)7-11(8(2)3)12(14)15/h5,8-9,11-12H,6-7,14-15H2,1-4H3/b10-5+/t9-,11-/m1/s1. The van der Waals surface area contributed by atoms with Crippen LogP contribution in [0.5, 0.6) is 0 Å². The van der Waals surface area contributed by atoms with Crippen molar-refractivity contribution in [2.24, 2.45) is 29.2 Å². The Bertz CT molecular complexity index is 192. The number of halogens is 1. The van der Waals surface area contributed by atoms with E-state index in [4.69, 9.17) is 23.1 Å². The lowest BCUT2D eigenvalue weighted by Crippen LogP contribution is -2.42. The van der Waals surface area contributed by atoms with Crippen LogP contribution in [-0.4, -0.2) is 6.17 Å². The minimum Gasteiger partial charge on any atom is -0.316 e. The van der Waals surface area contributed by atoms with Gasteiger partial charge in [-0.05, 0) is 37.5 Å². The van der Waals surface area contributed by atoms with Crippen LogP contribution in [0.25, 0.3) is 0 Å². The smallest absolute Gasteiger partial charge is 0.0552 e. The van der Waals surface area contributed by atoms with Gasteiger partial charge in [0.2, 0.25) is 0 Å². The highest BCUT2D eigenvalue weighted by atomic mass is 35.5. The van der Waals surface area contributed by atoms with Crippen LogP contribution >= 0.6 is 11.6 Å². The quantitative estimate of drug-likeness (QED) is 0.692. The molecule has 0 radical (unpaired) electrons. The van der Waals surface area contributed by atoms with E-state index in [-0.39, 0.29) is 6.17 Å². The van der Waals surface area contributed by atoms with Crippen molar-refractivity contribution in [1.29, 1.82) is 0 Å². The lowest BCUT2D eigenvalue weighted by Gasteiger charge is -2.27. The third kappa shape index (κ3) is 6.18. The molecule has 0 aromatic carbocycles. The van der Waals surface area contributed by atoms with E-state index in [0.717, 1.165) is 17.9 Å². The number of hydrogen-bond acceptors (Lipinski definition) is 2. The van der Waals surface area contributed by atoms with Crippen LogP contribution < -0.4 is 11.5 Å². The lowest BCUT2D eigenvalue weighted by atomic mass is 9.84. The molecule has 0 aliphatic heterocycles. The molecule has 0 saturated carbocycles. The molecule has 0 saturated heterocycles. The second-order valence-electron chi connectivity index (χ2n) is 4.77. The van der Waals surface area contributed by atoms with Gasteiger partial charge in [0, 0.05) is 5.03 Å². The number of nitrogens with two attached hydrogens (primary N) is 2. The molecule has 0 heterocycles. The minimum absolute atomic E-state index is 0.225. The molecule has 0 fully saturated rings. The second-order valence-corrected chi connectivity index (χ2v) is 5.25. The van der Waals surface area contributed by atoms with Gasteiger partial charge in [0.1, 0.15) is 0 Å². The van der Waals surface area contributed by atoms with Crippen LogP contribution in [0.1, 0.15) is 40.5 Å². The highest BCUT2D eigenvalue weighted by Gasteiger charge is 2.21. The molecule has 2 nitrogen and oxygen atoms in total. The summed E-state index contributed by atoms with van der Waals surface area (Å²) in [7, 11) is 0. The van der Waals surface area contributed by atoms with Gasteiger partial charge in [0.05, 0.1) is 6.17 Å². The zero-order chi connectivity index (χ0) is 12.0. The Hall–Kier alpha value is -0.0500. The van der Waals surface area contributed by atoms with E-state index in [1.165, 1.54) is 0 Å². The Labute approximate surface area is 99.0 Å². The fraction of sp³-hybridized carbons (Fsp3) is 0.833. The van der Waals surface area contributed by atoms with Gasteiger partial charge < -0.3 is 11.5 Å². The molecule has 2 atom stereocenters. The van der Waals surface area contributed by atoms with Crippen LogP contribution in [0.4, 0.5) is 0 Å².